The maximum Gasteiger partial charge on any atom is 0.239 e. The molecule has 4 atom stereocenters. The van der Waals surface area contributed by atoms with E-state index in [1.165, 1.54) is 0 Å². The van der Waals surface area contributed by atoms with E-state index < -0.39 is 24.3 Å². The Labute approximate surface area is 181 Å². The van der Waals surface area contributed by atoms with E-state index in [0.29, 0.717) is 25.3 Å². The molecule has 0 aliphatic carbocycles. The van der Waals surface area contributed by atoms with Gasteiger partial charge in [0, 0.05) is 19.1 Å². The summed E-state index contributed by atoms with van der Waals surface area (Å²) in [6.45, 7) is 6.67. The lowest BCUT2D eigenvalue weighted by Gasteiger charge is -2.26. The van der Waals surface area contributed by atoms with Crippen LogP contribution >= 0.6 is 24.8 Å². The molecule has 0 saturated heterocycles. The lowest BCUT2D eigenvalue weighted by Crippen LogP contribution is -2.55. The van der Waals surface area contributed by atoms with Gasteiger partial charge in [-0.15, -0.1) is 24.8 Å². The summed E-state index contributed by atoms with van der Waals surface area (Å²) in [6, 6.07) is 8.52. The van der Waals surface area contributed by atoms with Gasteiger partial charge in [0.2, 0.25) is 5.91 Å². The quantitative estimate of drug-likeness (QED) is 0.341. The summed E-state index contributed by atoms with van der Waals surface area (Å²) in [5, 5.41) is 26.5. The number of hydrogen-bond acceptors (Lipinski definition) is 5. The zero-order chi connectivity index (χ0) is 19.5. The number of amides is 1. The average Bonchev–Trinajstić information content (AvgIpc) is 2.61. The standard InChI is InChI=1S/C20H35N3O3.2ClH/c1-4-8-17(24)19(20(26)23-12-14(2)3)22-13-18(25)16(21)11-15-9-6-5-7-10-15;;/h5-7,9-10,14,16-19,22,24-25H,4,8,11-13,21H2,1-3H3,(H,23,26);2*1H/t16-,17?,18+,19+;;/m0../s1. The number of halogens is 2. The molecule has 164 valence electrons. The monoisotopic (exact) mass is 437 g/mol. The van der Waals surface area contributed by atoms with Crippen LogP contribution in [-0.4, -0.2) is 53.5 Å². The number of nitrogens with one attached hydrogen (secondary N) is 2. The number of aliphatic hydroxyl groups excluding tert-OH is 2. The van der Waals surface area contributed by atoms with Crippen molar-refractivity contribution in [3.05, 3.63) is 35.9 Å². The SMILES string of the molecule is CCCC(O)[C@@H](NC[C@@H](O)[C@@H](N)Cc1ccccc1)C(=O)NCC(C)C.Cl.Cl. The molecule has 1 rings (SSSR count). The molecule has 1 aromatic rings. The van der Waals surface area contributed by atoms with Gasteiger partial charge < -0.3 is 26.6 Å². The van der Waals surface area contributed by atoms with Crippen LogP contribution in [0.3, 0.4) is 0 Å². The maximum atomic E-state index is 12.4. The number of carbonyl (C=O) groups excluding carboxylic acids is 1. The smallest absolute Gasteiger partial charge is 0.239 e. The van der Waals surface area contributed by atoms with Crippen LogP contribution in [0.15, 0.2) is 30.3 Å². The molecule has 6 nitrogen and oxygen atoms in total. The first kappa shape index (κ1) is 29.3. The Morgan fingerprint density at radius 2 is 1.68 bits per heavy atom. The van der Waals surface area contributed by atoms with Crippen molar-refractivity contribution >= 4 is 30.7 Å². The molecule has 28 heavy (non-hydrogen) atoms. The Morgan fingerprint density at radius 1 is 1.07 bits per heavy atom. The van der Waals surface area contributed by atoms with Crippen LogP contribution in [0.2, 0.25) is 0 Å². The number of benzene rings is 1. The van der Waals surface area contributed by atoms with E-state index in [1.54, 1.807) is 0 Å². The maximum absolute atomic E-state index is 12.4. The van der Waals surface area contributed by atoms with Gasteiger partial charge >= 0.3 is 0 Å². The molecule has 0 radical (unpaired) electrons. The Kier molecular flexibility index (Phi) is 16.7. The van der Waals surface area contributed by atoms with Crippen molar-refractivity contribution in [1.82, 2.24) is 10.6 Å². The van der Waals surface area contributed by atoms with Crippen molar-refractivity contribution in [2.24, 2.45) is 11.7 Å². The topological polar surface area (TPSA) is 108 Å². The molecular weight excluding hydrogens is 401 g/mol. The number of nitrogens with two attached hydrogens (primary N) is 1. The molecule has 0 fully saturated rings. The van der Waals surface area contributed by atoms with E-state index in [0.717, 1.165) is 12.0 Å². The fraction of sp³-hybridized carbons (Fsp3) is 0.650. The molecular formula is C20H37Cl2N3O3. The molecule has 1 amide bonds. The lowest BCUT2D eigenvalue weighted by atomic mass is 10.0. The molecule has 0 aliphatic rings. The van der Waals surface area contributed by atoms with Crippen LogP contribution in [0.1, 0.15) is 39.2 Å². The Hall–Kier alpha value is -0.890. The van der Waals surface area contributed by atoms with Gasteiger partial charge in [0.15, 0.2) is 0 Å². The summed E-state index contributed by atoms with van der Waals surface area (Å²) in [5.74, 6) is 0.0799. The van der Waals surface area contributed by atoms with Gasteiger partial charge in [-0.2, -0.15) is 0 Å². The third-order valence-corrected chi connectivity index (χ3v) is 4.29. The number of rotatable bonds is 12. The minimum Gasteiger partial charge on any atom is -0.391 e. The van der Waals surface area contributed by atoms with Crippen LogP contribution in [0.4, 0.5) is 0 Å². The predicted octanol–water partition coefficient (Wildman–Crippen LogP) is 1.65. The molecule has 6 N–H and O–H groups in total. The van der Waals surface area contributed by atoms with Gasteiger partial charge in [0.25, 0.3) is 0 Å². The van der Waals surface area contributed by atoms with Gasteiger partial charge in [0.1, 0.15) is 6.04 Å². The normalized spacial score (nSPS) is 15.0. The summed E-state index contributed by atoms with van der Waals surface area (Å²) >= 11 is 0. The van der Waals surface area contributed by atoms with E-state index in [1.807, 2.05) is 51.1 Å². The van der Waals surface area contributed by atoms with Gasteiger partial charge in [-0.1, -0.05) is 57.5 Å². The molecule has 0 bridgehead atoms. The molecule has 0 heterocycles. The van der Waals surface area contributed by atoms with Crippen LogP contribution in [0.5, 0.6) is 0 Å². The van der Waals surface area contributed by atoms with E-state index in [2.05, 4.69) is 10.6 Å². The average molecular weight is 438 g/mol. The van der Waals surface area contributed by atoms with Gasteiger partial charge in [0.05, 0.1) is 12.2 Å². The summed E-state index contributed by atoms with van der Waals surface area (Å²) in [7, 11) is 0. The number of carbonyl (C=O) groups is 1. The second-order valence-electron chi connectivity index (χ2n) is 7.30. The molecule has 0 aliphatic heterocycles. The molecule has 8 heteroatoms. The van der Waals surface area contributed by atoms with Crippen molar-refractivity contribution in [3.8, 4) is 0 Å². The highest BCUT2D eigenvalue weighted by Crippen LogP contribution is 2.07. The highest BCUT2D eigenvalue weighted by molar-refractivity contribution is 5.85. The summed E-state index contributed by atoms with van der Waals surface area (Å²) in [4.78, 5) is 12.4. The summed E-state index contributed by atoms with van der Waals surface area (Å²) in [5.41, 5.74) is 7.14. The molecule has 0 aromatic heterocycles. The minimum atomic E-state index is -0.815. The van der Waals surface area contributed by atoms with Crippen LogP contribution in [0, 0.1) is 5.92 Å². The number of aliphatic hydroxyl groups is 2. The van der Waals surface area contributed by atoms with E-state index >= 15 is 0 Å². The fourth-order valence-corrected chi connectivity index (χ4v) is 2.70. The predicted molar refractivity (Wildman–Crippen MR) is 119 cm³/mol. The third-order valence-electron chi connectivity index (χ3n) is 4.29. The third kappa shape index (κ3) is 11.2. The highest BCUT2D eigenvalue weighted by Gasteiger charge is 2.27. The second kappa shape index (κ2) is 16.0. The van der Waals surface area contributed by atoms with Crippen molar-refractivity contribution in [3.63, 3.8) is 0 Å². The van der Waals surface area contributed by atoms with Crippen molar-refractivity contribution in [2.45, 2.75) is 64.3 Å². The zero-order valence-electron chi connectivity index (χ0n) is 17.0. The van der Waals surface area contributed by atoms with Gasteiger partial charge in [-0.25, -0.2) is 0 Å². The summed E-state index contributed by atoms with van der Waals surface area (Å²) in [6.07, 6.45) is 0.214. The van der Waals surface area contributed by atoms with Gasteiger partial charge in [-0.3, -0.25) is 4.79 Å². The van der Waals surface area contributed by atoms with E-state index in [9.17, 15) is 15.0 Å². The minimum absolute atomic E-state index is 0. The van der Waals surface area contributed by atoms with Crippen LogP contribution < -0.4 is 16.4 Å². The van der Waals surface area contributed by atoms with Crippen LogP contribution in [-0.2, 0) is 11.2 Å². The molecule has 0 saturated carbocycles. The Balaban J connectivity index is 0. The van der Waals surface area contributed by atoms with Crippen LogP contribution in [0.25, 0.3) is 0 Å². The number of hydrogen-bond donors (Lipinski definition) is 5. The largest absolute Gasteiger partial charge is 0.391 e. The first-order chi connectivity index (χ1) is 12.3. The Morgan fingerprint density at radius 3 is 2.21 bits per heavy atom. The first-order valence-electron chi connectivity index (χ1n) is 9.51. The van der Waals surface area contributed by atoms with Crippen molar-refractivity contribution in [1.29, 1.82) is 0 Å². The van der Waals surface area contributed by atoms with E-state index in [4.69, 9.17) is 5.73 Å². The fourth-order valence-electron chi connectivity index (χ4n) is 2.70. The van der Waals surface area contributed by atoms with Crippen molar-refractivity contribution < 1.29 is 15.0 Å². The van der Waals surface area contributed by atoms with E-state index in [-0.39, 0.29) is 37.3 Å². The second-order valence-corrected chi connectivity index (χ2v) is 7.30. The molecule has 1 aromatic carbocycles. The van der Waals surface area contributed by atoms with Crippen molar-refractivity contribution in [2.75, 3.05) is 13.1 Å². The lowest BCUT2D eigenvalue weighted by molar-refractivity contribution is -0.126. The summed E-state index contributed by atoms with van der Waals surface area (Å²) < 4.78 is 0. The molecule has 1 unspecified atom stereocenters. The highest BCUT2D eigenvalue weighted by atomic mass is 35.5. The van der Waals surface area contributed by atoms with Gasteiger partial charge in [-0.05, 0) is 24.3 Å². The first-order valence-corrected chi connectivity index (χ1v) is 9.51. The molecule has 0 spiro atoms. The Bertz CT molecular complexity index is 521. The zero-order valence-corrected chi connectivity index (χ0v) is 18.6.